The summed E-state index contributed by atoms with van der Waals surface area (Å²) in [6.07, 6.45) is 23.1. The fourth-order valence-electron chi connectivity index (χ4n) is 15.6. The first-order valence-electron chi connectivity index (χ1n) is 41.2. The second kappa shape index (κ2) is 38.6. The van der Waals surface area contributed by atoms with Crippen LogP contribution in [0.3, 0.4) is 0 Å². The Hall–Kier alpha value is -14.3. The van der Waals surface area contributed by atoms with Crippen molar-refractivity contribution >= 4 is 46.0 Å². The van der Waals surface area contributed by atoms with E-state index < -0.39 is 0 Å². The maximum absolute atomic E-state index is 13.9. The van der Waals surface area contributed by atoms with E-state index in [0.717, 1.165) is 108 Å². The van der Waals surface area contributed by atoms with Crippen molar-refractivity contribution < 1.29 is 52.1 Å². The summed E-state index contributed by atoms with van der Waals surface area (Å²) < 4.78 is 61.9. The highest BCUT2D eigenvalue weighted by Crippen LogP contribution is 2.40. The van der Waals surface area contributed by atoms with Gasteiger partial charge in [0.15, 0.2) is 0 Å². The van der Waals surface area contributed by atoms with Gasteiger partial charge in [0.05, 0.1) is 76.3 Å². The van der Waals surface area contributed by atoms with Crippen molar-refractivity contribution in [1.82, 2.24) is 84.1 Å². The van der Waals surface area contributed by atoms with Crippen molar-refractivity contribution in [2.24, 2.45) is 0 Å². The molecule has 0 bridgehead atoms. The number of nitrogens with one attached hydrogen (secondary N) is 4. The number of amides is 4. The highest BCUT2D eigenvalue weighted by Gasteiger charge is 2.44. The minimum Gasteiger partial charge on any atom is -0.396 e. The third-order valence-electron chi connectivity index (χ3n) is 22.5. The first kappa shape index (κ1) is 88.0. The zero-order valence-corrected chi connectivity index (χ0v) is 71.0. The fraction of sp³-hybridized carbons (Fsp3) is 0.224. The molecule has 126 heavy (non-hydrogen) atoms. The molecule has 0 spiro atoms. The number of piperidine rings is 1. The number of aromatic nitrogens is 12. The van der Waals surface area contributed by atoms with Crippen molar-refractivity contribution in [3.63, 3.8) is 0 Å². The van der Waals surface area contributed by atoms with Gasteiger partial charge < -0.3 is 36.6 Å². The number of pyridine rings is 8. The average molecular weight is 1700 g/mol. The normalized spacial score (nSPS) is 13.0. The van der Waals surface area contributed by atoms with Crippen LogP contribution < -0.4 is 21.3 Å². The summed E-state index contributed by atoms with van der Waals surface area (Å²) in [5, 5.41) is 46.9. The topological polar surface area (TPSA) is 301 Å². The molecule has 0 unspecified atom stereocenters. The van der Waals surface area contributed by atoms with Gasteiger partial charge in [0, 0.05) is 155 Å². The van der Waals surface area contributed by atoms with Crippen LogP contribution in [0.25, 0.3) is 112 Å². The number of likely N-dealkylation sites (tertiary alicyclic amines) is 1. The molecule has 0 radical (unpaired) electrons. The van der Waals surface area contributed by atoms with Crippen LogP contribution in [0.15, 0.2) is 244 Å². The van der Waals surface area contributed by atoms with Crippen LogP contribution in [0.1, 0.15) is 117 Å². The monoisotopic (exact) mass is 1700 g/mol. The molecule has 642 valence electrons. The lowest BCUT2D eigenvalue weighted by molar-refractivity contribution is -0.0169. The van der Waals surface area contributed by atoms with Gasteiger partial charge in [-0.25, -0.2) is 36.6 Å². The summed E-state index contributed by atoms with van der Waals surface area (Å²) in [5.74, 6) is -1.94. The van der Waals surface area contributed by atoms with Gasteiger partial charge >= 0.3 is 0 Å². The molecule has 12 aromatic heterocycles. The summed E-state index contributed by atoms with van der Waals surface area (Å²) in [4.78, 5) is 80.0. The molecule has 7 N–H and O–H groups in total. The molecular weight excluding hydrogens is 1600 g/mol. The number of halogens is 4. The number of aryl methyl sites for hydroxylation is 4. The molecule has 1 aliphatic heterocycles. The molecule has 0 atom stereocenters. The number of aliphatic hydroxyl groups is 3. The minimum absolute atomic E-state index is 0.0181. The van der Waals surface area contributed by atoms with E-state index >= 15 is 0 Å². The Morgan fingerprint density at radius 2 is 0.738 bits per heavy atom. The fourth-order valence-corrected chi connectivity index (χ4v) is 15.6. The Morgan fingerprint density at radius 1 is 0.397 bits per heavy atom. The lowest BCUT2D eigenvalue weighted by Crippen LogP contribution is -2.62. The molecule has 1 saturated heterocycles. The Labute approximate surface area is 724 Å². The van der Waals surface area contributed by atoms with Gasteiger partial charge in [-0.3, -0.25) is 52.8 Å². The van der Waals surface area contributed by atoms with Crippen molar-refractivity contribution in [3.8, 4) is 89.5 Å². The number of carbonyl (C=O) groups is 4. The van der Waals surface area contributed by atoms with Crippen LogP contribution in [0.4, 0.5) is 17.6 Å². The van der Waals surface area contributed by atoms with Gasteiger partial charge in [0.1, 0.15) is 46.0 Å². The first-order chi connectivity index (χ1) is 60.7. The average Bonchev–Trinajstić information content (AvgIpc) is 1.77. The van der Waals surface area contributed by atoms with Crippen molar-refractivity contribution in [1.29, 1.82) is 0 Å². The molecule has 28 heteroatoms. The Kier molecular flexibility index (Phi) is 27.0. The predicted molar refractivity (Wildman–Crippen MR) is 478 cm³/mol. The second-order valence-electron chi connectivity index (χ2n) is 32.0. The van der Waals surface area contributed by atoms with E-state index in [0.29, 0.717) is 87.5 Å². The largest absolute Gasteiger partial charge is 0.396 e. The van der Waals surface area contributed by atoms with Crippen LogP contribution in [0.5, 0.6) is 0 Å². The highest BCUT2D eigenvalue weighted by atomic mass is 19.1. The molecule has 4 amide bonds. The van der Waals surface area contributed by atoms with Crippen LogP contribution in [-0.4, -0.2) is 165 Å². The van der Waals surface area contributed by atoms with E-state index in [2.05, 4.69) is 101 Å². The van der Waals surface area contributed by atoms with Crippen molar-refractivity contribution in [2.45, 2.75) is 98.2 Å². The van der Waals surface area contributed by atoms with Gasteiger partial charge in [0.25, 0.3) is 23.6 Å². The third kappa shape index (κ3) is 19.5. The molecule has 24 nitrogen and oxygen atoms in total. The molecule has 16 aromatic rings. The van der Waals surface area contributed by atoms with E-state index in [1.54, 1.807) is 125 Å². The number of carbonyl (C=O) groups excluding carboxylic acids is 4. The van der Waals surface area contributed by atoms with Gasteiger partial charge in [-0.05, 0) is 267 Å². The standard InChI is InChI=1S/C30H34FN5O.2C23H21FN4O2.C22H19FN4O2/c1-19-14-21(9-10-25(19)31)27-23(8-7-12-32-27)20-11-13-36-26(15-20)24(18-33-36)28(37)34-22-16-29(2,3)35(6)30(4,5)17-22;1-15-12-16(5-7-19(15)24)22-18(4-2-9-25-22)17-6-8-21-27-13-20(28(21)14-17)23(30)26-10-3-11-29;1-15-12-17(5-6-20(15)24)22-18(4-2-8-25-22)16-7-10-28-21(13-16)19(14-27-28)23(30)26-9-3-11-29;1-14-11-15(4-6-18(14)23)21-17(3-2-8-24-21)16-5-7-20-26-12-19(27(20)13-16)22(29)25-9-10-28/h7-15,18,22H,16-17H2,1-6H3,(H,34,37);2,4-9,12-14,29H,3,10-11H2,1H3,(H,26,30);2,4-8,10,12-14,29H,3,9,11H2,1H3,(H,26,30);2-8,11-13,28H,9-10H2,1H3,(H,25,29). The maximum Gasteiger partial charge on any atom is 0.270 e. The van der Waals surface area contributed by atoms with E-state index in [1.807, 2.05) is 122 Å². The van der Waals surface area contributed by atoms with Gasteiger partial charge in [-0.1, -0.05) is 24.3 Å². The van der Waals surface area contributed by atoms with E-state index in [4.69, 9.17) is 15.3 Å². The molecule has 13 heterocycles. The number of hydrogen-bond acceptors (Lipinski definition) is 16. The molecule has 1 fully saturated rings. The summed E-state index contributed by atoms with van der Waals surface area (Å²) in [6.45, 7) is 16.7. The third-order valence-corrected chi connectivity index (χ3v) is 22.5. The Bertz CT molecular complexity index is 6510. The highest BCUT2D eigenvalue weighted by molar-refractivity contribution is 6.03. The maximum atomic E-state index is 13.9. The number of fused-ring (bicyclic) bond motifs is 4. The Morgan fingerprint density at radius 3 is 1.10 bits per heavy atom. The van der Waals surface area contributed by atoms with E-state index in [-0.39, 0.29) is 90.4 Å². The zero-order valence-electron chi connectivity index (χ0n) is 71.0. The molecule has 0 saturated carbocycles. The van der Waals surface area contributed by atoms with Gasteiger partial charge in [-0.2, -0.15) is 10.2 Å². The predicted octanol–water partition coefficient (Wildman–Crippen LogP) is 16.4. The molecular formula is C98H95F4N17O7. The van der Waals surface area contributed by atoms with Crippen LogP contribution in [0, 0.1) is 51.0 Å². The van der Waals surface area contributed by atoms with Crippen molar-refractivity contribution in [3.05, 3.63) is 312 Å². The summed E-state index contributed by atoms with van der Waals surface area (Å²) in [6, 6.07) is 50.3. The SMILES string of the molecule is Cc1cc(-c2ncccc2-c2ccc3ncc(C(=O)NCCCO)n3c2)ccc1F.Cc1cc(-c2ncccc2-c2ccc3ncc(C(=O)NCCO)n3c2)ccc1F.Cc1cc(-c2ncccc2-c2ccn3ncc(C(=O)NC4CC(C)(C)N(C)C(C)(C)C4)c3c2)ccc1F.Cc1cc(-c2ncccc2-c2ccn3ncc(C(=O)NCCCO)c3c2)ccc1F. The summed E-state index contributed by atoms with van der Waals surface area (Å²) >= 11 is 0. The zero-order chi connectivity index (χ0) is 89.1. The van der Waals surface area contributed by atoms with Gasteiger partial charge in [-0.15, -0.1) is 0 Å². The van der Waals surface area contributed by atoms with E-state index in [9.17, 15) is 36.7 Å². The summed E-state index contributed by atoms with van der Waals surface area (Å²) in [7, 11) is 2.16. The quantitative estimate of drug-likeness (QED) is 0.0260. The first-order valence-corrected chi connectivity index (χ1v) is 41.2. The number of benzene rings is 4. The smallest absolute Gasteiger partial charge is 0.270 e. The lowest BCUT2D eigenvalue weighted by Gasteiger charge is -2.53. The van der Waals surface area contributed by atoms with E-state index in [1.165, 1.54) is 42.9 Å². The minimum atomic E-state index is -0.315. The number of rotatable bonds is 21. The number of nitrogens with zero attached hydrogens (tertiary/aromatic N) is 13. The van der Waals surface area contributed by atoms with Crippen LogP contribution in [0.2, 0.25) is 0 Å². The lowest BCUT2D eigenvalue weighted by atomic mass is 9.77. The number of imidazole rings is 2. The van der Waals surface area contributed by atoms with Crippen LogP contribution >= 0.6 is 0 Å². The molecule has 17 rings (SSSR count). The van der Waals surface area contributed by atoms with Crippen LogP contribution in [-0.2, 0) is 0 Å². The number of aliphatic hydroxyl groups excluding tert-OH is 3. The van der Waals surface area contributed by atoms with Crippen molar-refractivity contribution in [2.75, 3.05) is 46.5 Å². The Balaban J connectivity index is 0.000000137. The summed E-state index contributed by atoms with van der Waals surface area (Å²) in [5.41, 5.74) is 19.9. The second-order valence-corrected chi connectivity index (χ2v) is 32.0. The number of hydrogen-bond donors (Lipinski definition) is 7. The van der Waals surface area contributed by atoms with Gasteiger partial charge in [0.2, 0.25) is 0 Å². The molecule has 0 aliphatic carbocycles. The molecule has 1 aliphatic rings. The molecule has 4 aromatic carbocycles.